The van der Waals surface area contributed by atoms with Crippen molar-refractivity contribution >= 4 is 35.7 Å². The number of rotatable bonds is 3. The molecule has 0 aromatic carbocycles. The maximum Gasteiger partial charge on any atom is 0.348 e. The van der Waals surface area contributed by atoms with Crippen molar-refractivity contribution in [2.24, 2.45) is 11.7 Å². The Balaban J connectivity index is 1.96. The lowest BCUT2D eigenvalue weighted by atomic mass is 10.2. The Morgan fingerprint density at radius 1 is 0.773 bits per heavy atom. The van der Waals surface area contributed by atoms with Crippen LogP contribution in [0, 0.1) is 0 Å². The van der Waals surface area contributed by atoms with E-state index in [4.69, 9.17) is 11.7 Å². The highest BCUT2D eigenvalue weighted by atomic mass is 16.2. The summed E-state index contributed by atoms with van der Waals surface area (Å²) in [6.45, 7) is -0.881. The molecule has 12 heteroatoms. The fraction of sp³-hybridized carbons (Fsp3) is 0.400. The number of nitrogens with zero attached hydrogens (tertiary/aromatic N) is 4. The Labute approximate surface area is 123 Å². The molecule has 12 nitrogen and oxygen atoms in total. The highest BCUT2D eigenvalue weighted by molar-refractivity contribution is 6.17. The van der Waals surface area contributed by atoms with Crippen LogP contribution in [0.3, 0.4) is 0 Å². The maximum absolute atomic E-state index is 11.8. The molecule has 0 radical (unpaired) electrons. The lowest BCUT2D eigenvalue weighted by Crippen LogP contribution is -2.42. The van der Waals surface area contributed by atoms with Crippen LogP contribution in [-0.2, 0) is 19.2 Å². The third-order valence-corrected chi connectivity index (χ3v) is 3.04. The average molecular weight is 312 g/mol. The van der Waals surface area contributed by atoms with Crippen molar-refractivity contribution in [2.75, 3.05) is 13.1 Å². The molecule has 0 atom stereocenters. The summed E-state index contributed by atoms with van der Waals surface area (Å²) in [4.78, 5) is 70.0. The molecular weight excluding hydrogens is 300 g/mol. The van der Waals surface area contributed by atoms with Crippen molar-refractivity contribution in [2.45, 2.75) is 12.8 Å². The van der Waals surface area contributed by atoms with E-state index in [1.54, 1.807) is 0 Å². The van der Waals surface area contributed by atoms with Gasteiger partial charge in [0.1, 0.15) is 13.1 Å². The van der Waals surface area contributed by atoms with E-state index in [0.717, 1.165) is 0 Å². The molecule has 4 N–H and O–H groups in total. The molecular formula is C10H12N6O6. The molecule has 0 bridgehead atoms. The molecule has 0 saturated carbocycles. The molecule has 2 aliphatic heterocycles. The molecule has 0 aliphatic carbocycles. The van der Waals surface area contributed by atoms with Gasteiger partial charge in [-0.2, -0.15) is 9.80 Å². The van der Waals surface area contributed by atoms with Gasteiger partial charge in [-0.15, -0.1) is 0 Å². The lowest BCUT2D eigenvalue weighted by molar-refractivity contribution is -0.143. The molecule has 2 rings (SSSR count). The van der Waals surface area contributed by atoms with Gasteiger partial charge in [-0.05, 0) is 0 Å². The third-order valence-electron chi connectivity index (χ3n) is 3.04. The molecule has 0 unspecified atom stereocenters. The zero-order valence-electron chi connectivity index (χ0n) is 11.2. The van der Waals surface area contributed by atoms with Gasteiger partial charge in [0.2, 0.25) is 11.8 Å². The molecule has 2 fully saturated rings. The molecule has 8 amide bonds. The normalized spacial score (nSPS) is 18.8. The fourth-order valence-electron chi connectivity index (χ4n) is 1.97. The van der Waals surface area contributed by atoms with Gasteiger partial charge in [0.15, 0.2) is 0 Å². The van der Waals surface area contributed by atoms with Crippen LogP contribution < -0.4 is 11.7 Å². The first-order chi connectivity index (χ1) is 10.2. The van der Waals surface area contributed by atoms with E-state index < -0.39 is 61.6 Å². The highest BCUT2D eigenvalue weighted by Crippen LogP contribution is 2.12. The summed E-state index contributed by atoms with van der Waals surface area (Å²) >= 11 is 0. The van der Waals surface area contributed by atoms with Gasteiger partial charge >= 0.3 is 12.1 Å². The zero-order chi connectivity index (χ0) is 16.6. The predicted molar refractivity (Wildman–Crippen MR) is 65.5 cm³/mol. The van der Waals surface area contributed by atoms with E-state index in [0.29, 0.717) is 19.8 Å². The minimum Gasteiger partial charge on any atom is -0.274 e. The predicted octanol–water partition coefficient (Wildman–Crippen LogP) is -2.90. The first-order valence-electron chi connectivity index (χ1n) is 6.08. The Morgan fingerprint density at radius 2 is 1.09 bits per heavy atom. The van der Waals surface area contributed by atoms with Gasteiger partial charge in [-0.25, -0.2) is 21.3 Å². The third kappa shape index (κ3) is 2.51. The summed E-state index contributed by atoms with van der Waals surface area (Å²) in [6, 6.07) is -1.99. The summed E-state index contributed by atoms with van der Waals surface area (Å²) in [5, 5.41) is 1.11. The van der Waals surface area contributed by atoms with E-state index in [9.17, 15) is 28.8 Å². The number of carbonyl (C=O) groups excluding carboxylic acids is 6. The van der Waals surface area contributed by atoms with E-state index in [2.05, 4.69) is 0 Å². The van der Waals surface area contributed by atoms with Crippen LogP contribution in [0.1, 0.15) is 12.8 Å². The molecule has 0 spiro atoms. The quantitative estimate of drug-likeness (QED) is 0.317. The fourth-order valence-corrected chi connectivity index (χ4v) is 1.97. The van der Waals surface area contributed by atoms with Crippen molar-refractivity contribution in [1.82, 2.24) is 19.8 Å². The molecule has 22 heavy (non-hydrogen) atoms. The topological polar surface area (TPSA) is 167 Å². The number of hydrogen-bond acceptors (Lipinski definition) is 8. The van der Waals surface area contributed by atoms with Crippen LogP contribution in [0.2, 0.25) is 0 Å². The Morgan fingerprint density at radius 3 is 1.32 bits per heavy atom. The van der Waals surface area contributed by atoms with E-state index in [1.165, 1.54) is 0 Å². The second-order valence-corrected chi connectivity index (χ2v) is 4.57. The van der Waals surface area contributed by atoms with Crippen LogP contribution in [0.15, 0.2) is 0 Å². The van der Waals surface area contributed by atoms with Crippen molar-refractivity contribution in [3.05, 3.63) is 0 Å². The number of amides is 8. The summed E-state index contributed by atoms with van der Waals surface area (Å²) in [5.41, 5.74) is 0. The monoisotopic (exact) mass is 312 g/mol. The Hall–Kier alpha value is -2.86. The second kappa shape index (κ2) is 5.50. The van der Waals surface area contributed by atoms with Gasteiger partial charge in [-0.1, -0.05) is 0 Å². The molecule has 2 saturated heterocycles. The van der Waals surface area contributed by atoms with Crippen LogP contribution in [0.5, 0.6) is 0 Å². The first-order valence-corrected chi connectivity index (χ1v) is 6.08. The van der Waals surface area contributed by atoms with E-state index >= 15 is 0 Å². The summed E-state index contributed by atoms with van der Waals surface area (Å²) in [5.74, 6) is 6.86. The van der Waals surface area contributed by atoms with Crippen molar-refractivity contribution in [3.63, 3.8) is 0 Å². The van der Waals surface area contributed by atoms with Crippen LogP contribution in [-0.4, -0.2) is 68.6 Å². The van der Waals surface area contributed by atoms with E-state index in [1.807, 2.05) is 0 Å². The molecule has 118 valence electrons. The minimum absolute atomic E-state index is 0.316. The largest absolute Gasteiger partial charge is 0.348 e. The molecule has 0 aromatic rings. The van der Waals surface area contributed by atoms with Crippen LogP contribution >= 0.6 is 0 Å². The van der Waals surface area contributed by atoms with Crippen LogP contribution in [0.4, 0.5) is 9.59 Å². The number of nitrogens with two attached hydrogens (primary N) is 2. The summed E-state index contributed by atoms with van der Waals surface area (Å²) in [7, 11) is 0. The average Bonchev–Trinajstić information content (AvgIpc) is 2.83. The maximum atomic E-state index is 11.8. The molecule has 2 heterocycles. The second-order valence-electron chi connectivity index (χ2n) is 4.57. The summed E-state index contributed by atoms with van der Waals surface area (Å²) < 4.78 is 0. The lowest BCUT2D eigenvalue weighted by Gasteiger charge is -2.14. The number of imide groups is 6. The van der Waals surface area contributed by atoms with Crippen LogP contribution in [0.25, 0.3) is 0 Å². The van der Waals surface area contributed by atoms with E-state index in [-0.39, 0.29) is 0 Å². The number of carbonyl (C=O) groups is 6. The van der Waals surface area contributed by atoms with Gasteiger partial charge in [0, 0.05) is 12.8 Å². The van der Waals surface area contributed by atoms with Crippen molar-refractivity contribution in [3.8, 4) is 0 Å². The van der Waals surface area contributed by atoms with Crippen molar-refractivity contribution in [1.29, 1.82) is 0 Å². The SMILES string of the molecule is NN1CC(=O)N(C(=O)CCC(=O)N2C(=O)CN(N)C2=O)C1=O. The van der Waals surface area contributed by atoms with Gasteiger partial charge in [0.25, 0.3) is 11.8 Å². The zero-order valence-corrected chi connectivity index (χ0v) is 11.2. The Bertz CT molecular complexity index is 551. The van der Waals surface area contributed by atoms with Crippen molar-refractivity contribution < 1.29 is 28.8 Å². The number of hydrogen-bond donors (Lipinski definition) is 2. The summed E-state index contributed by atoms with van der Waals surface area (Å²) in [6.07, 6.45) is -1.07. The van der Waals surface area contributed by atoms with Gasteiger partial charge in [0.05, 0.1) is 0 Å². The molecule has 2 aliphatic rings. The molecule has 0 aromatic heterocycles. The standard InChI is InChI=1S/C10H12N6O6/c11-13-3-7(19)15(9(13)21)5(17)1-2-6(18)16-8(20)4-14(12)10(16)22/h1-4,11-12H2. The van der Waals surface area contributed by atoms with Gasteiger partial charge < -0.3 is 0 Å². The highest BCUT2D eigenvalue weighted by Gasteiger charge is 2.41. The minimum atomic E-state index is -0.996. The first kappa shape index (κ1) is 15.5. The smallest absolute Gasteiger partial charge is 0.274 e. The van der Waals surface area contributed by atoms with Gasteiger partial charge in [-0.3, -0.25) is 29.2 Å². The number of urea groups is 2. The Kier molecular flexibility index (Phi) is 3.88. The number of hydrazine groups is 2.